The van der Waals surface area contributed by atoms with Gasteiger partial charge in [0.05, 0.1) is 17.4 Å². The van der Waals surface area contributed by atoms with Crippen LogP contribution in [0.25, 0.3) is 21.7 Å². The minimum Gasteiger partial charge on any atom is -0.292 e. The lowest BCUT2D eigenvalue weighted by Gasteiger charge is -2.15. The van der Waals surface area contributed by atoms with Crippen LogP contribution in [0.5, 0.6) is 0 Å². The monoisotopic (exact) mass is 342 g/mol. The van der Waals surface area contributed by atoms with Gasteiger partial charge in [-0.15, -0.1) is 0 Å². The second kappa shape index (κ2) is 6.75. The third kappa shape index (κ3) is 3.13. The van der Waals surface area contributed by atoms with Crippen molar-refractivity contribution >= 4 is 21.7 Å². The predicted molar refractivity (Wildman–Crippen MR) is 108 cm³/mol. The summed E-state index contributed by atoms with van der Waals surface area (Å²) in [6.07, 6.45) is 0.783. The molecule has 1 aromatic heterocycles. The summed E-state index contributed by atoms with van der Waals surface area (Å²) in [5, 5.41) is 2.87. The van der Waals surface area contributed by atoms with Crippen molar-refractivity contribution in [1.29, 1.82) is 0 Å². The summed E-state index contributed by atoms with van der Waals surface area (Å²) in [6.45, 7) is 4.87. The van der Waals surface area contributed by atoms with Gasteiger partial charge >= 0.3 is 0 Å². The summed E-state index contributed by atoms with van der Waals surface area (Å²) in [5.41, 5.74) is 1.94. The number of fused-ring (bicyclic) bond motifs is 2. The molecule has 0 spiro atoms. The normalized spacial score (nSPS) is 11.5. The van der Waals surface area contributed by atoms with Crippen molar-refractivity contribution in [2.45, 2.75) is 26.8 Å². The molecule has 0 aliphatic heterocycles. The van der Waals surface area contributed by atoms with Crippen molar-refractivity contribution in [3.63, 3.8) is 0 Å². The molecule has 1 heterocycles. The molecule has 0 atom stereocenters. The smallest absolute Gasteiger partial charge is 0.261 e. The van der Waals surface area contributed by atoms with Crippen molar-refractivity contribution in [3.05, 3.63) is 88.5 Å². The molecule has 0 radical (unpaired) electrons. The fourth-order valence-corrected chi connectivity index (χ4v) is 3.40. The zero-order chi connectivity index (χ0) is 18.1. The Morgan fingerprint density at radius 2 is 1.58 bits per heavy atom. The van der Waals surface area contributed by atoms with E-state index in [0.29, 0.717) is 17.8 Å². The van der Waals surface area contributed by atoms with E-state index < -0.39 is 0 Å². The average Bonchev–Trinajstić information content (AvgIpc) is 2.64. The highest BCUT2D eigenvalue weighted by molar-refractivity contribution is 5.96. The van der Waals surface area contributed by atoms with E-state index in [1.54, 1.807) is 0 Å². The van der Waals surface area contributed by atoms with Gasteiger partial charge in [-0.25, -0.2) is 4.98 Å². The van der Waals surface area contributed by atoms with Gasteiger partial charge in [0, 0.05) is 6.42 Å². The number of benzene rings is 3. The predicted octanol–water partition coefficient (Wildman–Crippen LogP) is 4.80. The van der Waals surface area contributed by atoms with Gasteiger partial charge < -0.3 is 0 Å². The van der Waals surface area contributed by atoms with E-state index in [1.807, 2.05) is 53.1 Å². The third-order valence-electron chi connectivity index (χ3n) is 4.67. The van der Waals surface area contributed by atoms with E-state index in [0.717, 1.165) is 34.1 Å². The molecule has 0 saturated carbocycles. The summed E-state index contributed by atoms with van der Waals surface area (Å²) in [6, 6.07) is 22.2. The largest absolute Gasteiger partial charge is 0.292 e. The second-order valence-electron chi connectivity index (χ2n) is 7.22. The molecule has 0 saturated heterocycles. The highest BCUT2D eigenvalue weighted by Crippen LogP contribution is 2.20. The molecule has 4 aromatic rings. The fourth-order valence-electron chi connectivity index (χ4n) is 3.40. The molecule has 3 aromatic carbocycles. The first-order valence-electron chi connectivity index (χ1n) is 9.08. The van der Waals surface area contributed by atoms with Crippen LogP contribution in [-0.4, -0.2) is 9.55 Å². The lowest BCUT2D eigenvalue weighted by atomic mass is 10.1. The van der Waals surface area contributed by atoms with Crippen LogP contribution < -0.4 is 5.56 Å². The Hall–Kier alpha value is -2.94. The number of hydrogen-bond acceptors (Lipinski definition) is 2. The lowest BCUT2D eigenvalue weighted by molar-refractivity contribution is 0.574. The standard InChI is InChI=1S/C23H22N2O/c1-16(2)12-22-24-21-14-19-11-7-6-10-18(19)13-20(21)23(26)25(22)15-17-8-4-3-5-9-17/h3-11,13-14,16H,12,15H2,1-2H3. The van der Waals surface area contributed by atoms with Crippen LogP contribution in [0.15, 0.2) is 71.5 Å². The quantitative estimate of drug-likeness (QED) is 0.500. The highest BCUT2D eigenvalue weighted by atomic mass is 16.1. The van der Waals surface area contributed by atoms with E-state index in [-0.39, 0.29) is 5.56 Å². The number of aromatic nitrogens is 2. The van der Waals surface area contributed by atoms with Crippen LogP contribution in [0.1, 0.15) is 25.2 Å². The van der Waals surface area contributed by atoms with Gasteiger partial charge in [-0.05, 0) is 34.4 Å². The van der Waals surface area contributed by atoms with E-state index in [4.69, 9.17) is 4.98 Å². The second-order valence-corrected chi connectivity index (χ2v) is 7.22. The van der Waals surface area contributed by atoms with Crippen LogP contribution in [0.4, 0.5) is 0 Å². The molecule has 3 nitrogen and oxygen atoms in total. The first-order chi connectivity index (χ1) is 12.6. The summed E-state index contributed by atoms with van der Waals surface area (Å²) < 4.78 is 1.84. The van der Waals surface area contributed by atoms with E-state index in [9.17, 15) is 4.79 Å². The van der Waals surface area contributed by atoms with Gasteiger partial charge in [0.15, 0.2) is 0 Å². The molecule has 26 heavy (non-hydrogen) atoms. The molecule has 4 rings (SSSR count). The summed E-state index contributed by atoms with van der Waals surface area (Å²) in [4.78, 5) is 18.2. The highest BCUT2D eigenvalue weighted by Gasteiger charge is 2.13. The molecule has 0 bridgehead atoms. The van der Waals surface area contributed by atoms with Crippen molar-refractivity contribution < 1.29 is 0 Å². The molecule has 130 valence electrons. The minimum atomic E-state index is 0.0419. The molecular weight excluding hydrogens is 320 g/mol. The van der Waals surface area contributed by atoms with Crippen molar-refractivity contribution in [2.24, 2.45) is 5.92 Å². The Balaban J connectivity index is 1.96. The molecule has 3 heteroatoms. The molecular formula is C23H22N2O. The first kappa shape index (κ1) is 16.5. The van der Waals surface area contributed by atoms with E-state index in [2.05, 4.69) is 32.0 Å². The molecule has 0 unspecified atom stereocenters. The first-order valence-corrected chi connectivity index (χ1v) is 9.08. The van der Waals surface area contributed by atoms with Crippen LogP contribution in [0.2, 0.25) is 0 Å². The number of hydrogen-bond donors (Lipinski definition) is 0. The molecule has 0 fully saturated rings. The van der Waals surface area contributed by atoms with Gasteiger partial charge in [-0.3, -0.25) is 9.36 Å². The van der Waals surface area contributed by atoms with Gasteiger partial charge in [-0.2, -0.15) is 0 Å². The Morgan fingerprint density at radius 3 is 2.27 bits per heavy atom. The third-order valence-corrected chi connectivity index (χ3v) is 4.67. The van der Waals surface area contributed by atoms with Crippen LogP contribution in [-0.2, 0) is 13.0 Å². The molecule has 0 aliphatic rings. The summed E-state index contributed by atoms with van der Waals surface area (Å²) in [7, 11) is 0. The minimum absolute atomic E-state index is 0.0419. The Bertz CT molecular complexity index is 1130. The Morgan fingerprint density at radius 1 is 0.923 bits per heavy atom. The Kier molecular flexibility index (Phi) is 4.29. The maximum atomic E-state index is 13.3. The summed E-state index contributed by atoms with van der Waals surface area (Å²) in [5.74, 6) is 1.29. The number of rotatable bonds is 4. The molecule has 0 N–H and O–H groups in total. The van der Waals surface area contributed by atoms with Crippen LogP contribution in [0, 0.1) is 5.92 Å². The van der Waals surface area contributed by atoms with Gasteiger partial charge in [0.25, 0.3) is 5.56 Å². The van der Waals surface area contributed by atoms with Gasteiger partial charge in [0.1, 0.15) is 5.82 Å². The maximum absolute atomic E-state index is 13.3. The lowest BCUT2D eigenvalue weighted by Crippen LogP contribution is -2.26. The number of nitrogens with zero attached hydrogens (tertiary/aromatic N) is 2. The van der Waals surface area contributed by atoms with E-state index in [1.165, 1.54) is 0 Å². The van der Waals surface area contributed by atoms with Crippen LogP contribution in [0.3, 0.4) is 0 Å². The van der Waals surface area contributed by atoms with Crippen molar-refractivity contribution in [3.8, 4) is 0 Å². The van der Waals surface area contributed by atoms with Crippen molar-refractivity contribution in [2.75, 3.05) is 0 Å². The fraction of sp³-hybridized carbons (Fsp3) is 0.217. The zero-order valence-corrected chi connectivity index (χ0v) is 15.1. The van der Waals surface area contributed by atoms with Crippen molar-refractivity contribution in [1.82, 2.24) is 9.55 Å². The SMILES string of the molecule is CC(C)Cc1nc2cc3ccccc3cc2c(=O)n1Cc1ccccc1. The molecule has 0 aliphatic carbocycles. The molecule has 0 amide bonds. The average molecular weight is 342 g/mol. The Labute approximate surface area is 152 Å². The zero-order valence-electron chi connectivity index (χ0n) is 15.1. The topological polar surface area (TPSA) is 34.9 Å². The van der Waals surface area contributed by atoms with Gasteiger partial charge in [0.2, 0.25) is 0 Å². The maximum Gasteiger partial charge on any atom is 0.261 e. The summed E-state index contributed by atoms with van der Waals surface area (Å²) >= 11 is 0. The van der Waals surface area contributed by atoms with Gasteiger partial charge in [-0.1, -0.05) is 68.4 Å². The van der Waals surface area contributed by atoms with E-state index >= 15 is 0 Å². The van der Waals surface area contributed by atoms with Crippen LogP contribution >= 0.6 is 0 Å².